The van der Waals surface area contributed by atoms with Crippen molar-refractivity contribution in [1.82, 2.24) is 4.98 Å². The Labute approximate surface area is 306 Å². The number of nitrogens with one attached hydrogen (secondary N) is 1. The Morgan fingerprint density at radius 1 is 1.04 bits per heavy atom. The lowest BCUT2D eigenvalue weighted by Crippen LogP contribution is -2.53. The molecule has 2 N–H and O–H groups in total. The van der Waals surface area contributed by atoms with Crippen molar-refractivity contribution in [3.05, 3.63) is 118 Å². The van der Waals surface area contributed by atoms with Crippen LogP contribution in [-0.2, 0) is 28.0 Å². The van der Waals surface area contributed by atoms with Crippen molar-refractivity contribution in [2.24, 2.45) is 11.8 Å². The Morgan fingerprint density at radius 2 is 1.82 bits per heavy atom. The fraction of sp³-hybridized carbons (Fsp3) is 0.442. The number of halogens is 1. The van der Waals surface area contributed by atoms with Gasteiger partial charge in [0.25, 0.3) is 0 Å². The second-order valence-corrected chi connectivity index (χ2v) is 15.4. The minimum Gasteiger partial charge on any atom is -0.497 e. The molecule has 1 aromatic heterocycles. The molecule has 4 atom stereocenters. The molecule has 8 heteroatoms. The third-order valence-electron chi connectivity index (χ3n) is 11.9. The van der Waals surface area contributed by atoms with E-state index in [2.05, 4.69) is 43.4 Å². The number of methoxy groups -OCH3 is 1. The molecule has 3 aliphatic carbocycles. The molecular weight excluding hydrogens is 660 g/mol. The highest BCUT2D eigenvalue weighted by molar-refractivity contribution is 6.30. The van der Waals surface area contributed by atoms with E-state index in [0.717, 1.165) is 67.0 Å². The number of benzene rings is 3. The summed E-state index contributed by atoms with van der Waals surface area (Å²) in [4.78, 5) is 17.6. The average molecular weight is 709 g/mol. The summed E-state index contributed by atoms with van der Waals surface area (Å²) in [6.45, 7) is 5.65. The van der Waals surface area contributed by atoms with Gasteiger partial charge in [-0.25, -0.2) is 4.79 Å². The van der Waals surface area contributed by atoms with Crippen LogP contribution in [0.1, 0.15) is 98.8 Å². The maximum atomic E-state index is 12.8. The molecule has 0 saturated heterocycles. The first-order chi connectivity index (χ1) is 24.7. The molecule has 1 saturated carbocycles. The maximum absolute atomic E-state index is 12.8. The smallest absolute Gasteiger partial charge is 0.329 e. The summed E-state index contributed by atoms with van der Waals surface area (Å²) in [6, 6.07) is 26.2. The highest BCUT2D eigenvalue weighted by Crippen LogP contribution is 2.56. The van der Waals surface area contributed by atoms with Gasteiger partial charge in [-0.1, -0.05) is 67.9 Å². The number of carboxylic acids is 1. The van der Waals surface area contributed by atoms with E-state index in [-0.39, 0.29) is 11.5 Å². The van der Waals surface area contributed by atoms with E-state index in [9.17, 15) is 9.90 Å². The highest BCUT2D eigenvalue weighted by Gasteiger charge is 2.54. The van der Waals surface area contributed by atoms with Crippen molar-refractivity contribution in [1.29, 1.82) is 0 Å². The number of hydrogen-bond donors (Lipinski definition) is 2. The molecule has 268 valence electrons. The first-order valence-corrected chi connectivity index (χ1v) is 18.8. The number of pyridine rings is 1. The van der Waals surface area contributed by atoms with Crippen LogP contribution >= 0.6 is 11.6 Å². The van der Waals surface area contributed by atoms with E-state index in [1.807, 2.05) is 60.8 Å². The lowest BCUT2D eigenvalue weighted by atomic mass is 9.59. The fourth-order valence-electron chi connectivity index (χ4n) is 9.18. The maximum Gasteiger partial charge on any atom is 0.329 e. The Kier molecular flexibility index (Phi) is 10.3. The zero-order valence-electron chi connectivity index (χ0n) is 29.9. The second-order valence-electron chi connectivity index (χ2n) is 15.0. The predicted octanol–water partition coefficient (Wildman–Crippen LogP) is 9.92. The molecule has 0 aliphatic heterocycles. The number of aliphatic carboxylic acids is 1. The van der Waals surface area contributed by atoms with Gasteiger partial charge in [0.15, 0.2) is 0 Å². The van der Waals surface area contributed by atoms with Gasteiger partial charge >= 0.3 is 5.97 Å². The van der Waals surface area contributed by atoms with Gasteiger partial charge in [0.1, 0.15) is 23.1 Å². The van der Waals surface area contributed by atoms with E-state index >= 15 is 0 Å². The Hall–Kier alpha value is -4.07. The molecule has 0 amide bonds. The standard InChI is InChI=1S/C43H49ClN2O5/c1-4-30-24-38(51-27-29-12-14-35(49-3)15-13-29)40-39(30)37(16-21-45-40)50-26-28(2)22-32-23-31-8-5-6-11-36(31)42(32)17-19-43(20-18-42,41(47)48)46-34-10-7-9-33(44)25-34/h5-16,21,25,28,30,32,38,46H,4,17-20,22-24,26-27H2,1-3H3,(H,47,48)/t28-,30?,32?,38?,42?,43?/m1/s1. The number of fused-ring (bicyclic) bond motifs is 3. The molecule has 4 aromatic rings. The molecular formula is C43H49ClN2O5. The predicted molar refractivity (Wildman–Crippen MR) is 201 cm³/mol. The van der Waals surface area contributed by atoms with Crippen LogP contribution in [0.15, 0.2) is 85.1 Å². The number of hydrogen-bond acceptors (Lipinski definition) is 6. The third kappa shape index (κ3) is 7.07. The summed E-state index contributed by atoms with van der Waals surface area (Å²) in [5.41, 5.74) is 5.78. The molecule has 3 aliphatic rings. The van der Waals surface area contributed by atoms with Gasteiger partial charge in [-0.2, -0.15) is 0 Å². The Morgan fingerprint density at radius 3 is 2.55 bits per heavy atom. The topological polar surface area (TPSA) is 89.9 Å². The normalized spacial score (nSPS) is 25.6. The number of aromatic nitrogens is 1. The molecule has 1 spiro atoms. The minimum absolute atomic E-state index is 0.0561. The van der Waals surface area contributed by atoms with Gasteiger partial charge in [-0.15, -0.1) is 0 Å². The van der Waals surface area contributed by atoms with Crippen molar-refractivity contribution in [3.63, 3.8) is 0 Å². The number of rotatable bonds is 13. The number of nitrogens with zero attached hydrogens (tertiary/aromatic N) is 1. The molecule has 3 aromatic carbocycles. The lowest BCUT2D eigenvalue weighted by Gasteiger charge is -2.47. The van der Waals surface area contributed by atoms with E-state index in [1.54, 1.807) is 7.11 Å². The highest BCUT2D eigenvalue weighted by atomic mass is 35.5. The van der Waals surface area contributed by atoms with Crippen LogP contribution in [0.5, 0.6) is 11.5 Å². The van der Waals surface area contributed by atoms with Crippen molar-refractivity contribution < 1.29 is 24.1 Å². The molecule has 7 nitrogen and oxygen atoms in total. The van der Waals surface area contributed by atoms with Gasteiger partial charge in [-0.05, 0) is 128 Å². The molecule has 3 unspecified atom stereocenters. The van der Waals surface area contributed by atoms with Gasteiger partial charge in [-0.3, -0.25) is 4.98 Å². The van der Waals surface area contributed by atoms with Crippen molar-refractivity contribution in [2.45, 2.75) is 94.8 Å². The molecule has 1 fully saturated rings. The summed E-state index contributed by atoms with van der Waals surface area (Å²) in [5, 5.41) is 14.5. The van der Waals surface area contributed by atoms with Crippen LogP contribution in [0.3, 0.4) is 0 Å². The summed E-state index contributed by atoms with van der Waals surface area (Å²) in [5.74, 6) is 2.02. The van der Waals surface area contributed by atoms with Crippen LogP contribution in [0, 0.1) is 11.8 Å². The second kappa shape index (κ2) is 14.9. The van der Waals surface area contributed by atoms with Crippen LogP contribution in [-0.4, -0.2) is 35.3 Å². The largest absolute Gasteiger partial charge is 0.497 e. The molecule has 1 heterocycles. The van der Waals surface area contributed by atoms with E-state index < -0.39 is 11.5 Å². The van der Waals surface area contributed by atoms with Gasteiger partial charge in [0.05, 0.1) is 26.0 Å². The third-order valence-corrected chi connectivity index (χ3v) is 12.2. The summed E-state index contributed by atoms with van der Waals surface area (Å²) < 4.78 is 18.4. The number of carboxylic acid groups (broad SMARTS) is 1. The van der Waals surface area contributed by atoms with Gasteiger partial charge in [0.2, 0.25) is 0 Å². The van der Waals surface area contributed by atoms with Crippen LogP contribution in [0.4, 0.5) is 5.69 Å². The van der Waals surface area contributed by atoms with Crippen molar-refractivity contribution >= 4 is 23.3 Å². The molecule has 0 radical (unpaired) electrons. The fourth-order valence-corrected chi connectivity index (χ4v) is 9.37. The summed E-state index contributed by atoms with van der Waals surface area (Å²) in [6.07, 6.45) is 8.44. The zero-order chi connectivity index (χ0) is 35.6. The van der Waals surface area contributed by atoms with E-state index in [1.165, 1.54) is 16.7 Å². The first-order valence-electron chi connectivity index (χ1n) is 18.4. The summed E-state index contributed by atoms with van der Waals surface area (Å²) >= 11 is 6.26. The molecule has 0 bridgehead atoms. The van der Waals surface area contributed by atoms with Crippen LogP contribution in [0.2, 0.25) is 5.02 Å². The van der Waals surface area contributed by atoms with Crippen LogP contribution < -0.4 is 14.8 Å². The van der Waals surface area contributed by atoms with Crippen molar-refractivity contribution in [3.8, 4) is 11.5 Å². The average Bonchev–Trinajstić information content (AvgIpc) is 3.66. The number of ether oxygens (including phenoxy) is 3. The van der Waals surface area contributed by atoms with E-state index in [0.29, 0.717) is 48.8 Å². The minimum atomic E-state index is -1.03. The quantitative estimate of drug-likeness (QED) is 0.143. The summed E-state index contributed by atoms with van der Waals surface area (Å²) in [7, 11) is 1.67. The SMILES string of the molecule is CCC1CC(OCc2ccc(OC)cc2)c2nccc(OC[C@H](C)CC3Cc4ccccc4C34CCC(Nc3cccc(Cl)c3)(C(=O)O)CC4)c21. The molecule has 51 heavy (non-hydrogen) atoms. The zero-order valence-corrected chi connectivity index (χ0v) is 30.6. The number of anilines is 1. The van der Waals surface area contributed by atoms with Gasteiger partial charge < -0.3 is 24.6 Å². The van der Waals surface area contributed by atoms with Crippen molar-refractivity contribution in [2.75, 3.05) is 19.0 Å². The van der Waals surface area contributed by atoms with Crippen LogP contribution in [0.25, 0.3) is 0 Å². The lowest BCUT2D eigenvalue weighted by molar-refractivity contribution is -0.144. The monoisotopic (exact) mass is 708 g/mol. The van der Waals surface area contributed by atoms with E-state index in [4.69, 9.17) is 30.8 Å². The molecule has 7 rings (SSSR count). The number of carbonyl (C=O) groups is 1. The van der Waals surface area contributed by atoms with Gasteiger partial charge in [0, 0.05) is 22.5 Å². The first kappa shape index (κ1) is 35.3. The Bertz CT molecular complexity index is 1840. The Balaban J connectivity index is 1.03.